The minimum absolute atomic E-state index is 0.0944. The van der Waals surface area contributed by atoms with Gasteiger partial charge < -0.3 is 15.5 Å². The van der Waals surface area contributed by atoms with Crippen LogP contribution in [-0.4, -0.2) is 48.4 Å². The summed E-state index contributed by atoms with van der Waals surface area (Å²) in [6.07, 6.45) is 3.51. The lowest BCUT2D eigenvalue weighted by Crippen LogP contribution is -2.49. The van der Waals surface area contributed by atoms with Crippen molar-refractivity contribution in [3.8, 4) is 0 Å². The molecule has 2 aliphatic heterocycles. The van der Waals surface area contributed by atoms with E-state index < -0.39 is 0 Å². The zero-order chi connectivity index (χ0) is 17.8. The lowest BCUT2D eigenvalue weighted by molar-refractivity contribution is -0.127. The number of rotatable bonds is 3. The molecule has 2 fully saturated rings. The second-order valence-electron chi connectivity index (χ2n) is 7.52. The highest BCUT2D eigenvalue weighted by atomic mass is 16.2. The lowest BCUT2D eigenvalue weighted by atomic mass is 9.91. The van der Waals surface area contributed by atoms with Gasteiger partial charge in [0, 0.05) is 36.7 Å². The molecule has 2 amide bonds. The van der Waals surface area contributed by atoms with Crippen molar-refractivity contribution in [1.29, 1.82) is 0 Å². The van der Waals surface area contributed by atoms with Crippen LogP contribution in [0.15, 0.2) is 24.3 Å². The molecule has 0 unspecified atom stereocenters. The fourth-order valence-corrected chi connectivity index (χ4v) is 3.79. The minimum atomic E-state index is 0.0944. The standard InChI is InChI=1S/C20H29N3O2/c1-14-3-5-16(6-4-14)20(25)23-11-8-18(9-12-23)22-19(24)17-7-10-21-15(2)13-17/h3-6,15,17-18,21H,7-13H2,1-2H3,(H,22,24)/t15-,17-/m0/s1. The Labute approximate surface area is 150 Å². The largest absolute Gasteiger partial charge is 0.353 e. The van der Waals surface area contributed by atoms with Gasteiger partial charge in [0.05, 0.1) is 0 Å². The average molecular weight is 343 g/mol. The average Bonchev–Trinajstić information content (AvgIpc) is 2.62. The van der Waals surface area contributed by atoms with E-state index in [2.05, 4.69) is 17.6 Å². The zero-order valence-corrected chi connectivity index (χ0v) is 15.3. The molecule has 2 N–H and O–H groups in total. The predicted molar refractivity (Wildman–Crippen MR) is 98.4 cm³/mol. The highest BCUT2D eigenvalue weighted by molar-refractivity contribution is 5.94. The molecule has 0 spiro atoms. The maximum absolute atomic E-state index is 12.6. The number of hydrogen-bond donors (Lipinski definition) is 2. The second kappa shape index (κ2) is 8.00. The van der Waals surface area contributed by atoms with Gasteiger partial charge in [0.1, 0.15) is 0 Å². The first-order chi connectivity index (χ1) is 12.0. The van der Waals surface area contributed by atoms with Gasteiger partial charge in [-0.1, -0.05) is 17.7 Å². The summed E-state index contributed by atoms with van der Waals surface area (Å²) in [4.78, 5) is 26.9. The number of nitrogens with one attached hydrogen (secondary N) is 2. The number of carbonyl (C=O) groups is 2. The van der Waals surface area contributed by atoms with Crippen LogP contribution in [0.25, 0.3) is 0 Å². The number of benzene rings is 1. The van der Waals surface area contributed by atoms with Crippen LogP contribution < -0.4 is 10.6 Å². The van der Waals surface area contributed by atoms with Crippen molar-refractivity contribution in [2.24, 2.45) is 5.92 Å². The van der Waals surface area contributed by atoms with E-state index in [9.17, 15) is 9.59 Å². The fourth-order valence-electron chi connectivity index (χ4n) is 3.79. The molecule has 5 heteroatoms. The van der Waals surface area contributed by atoms with Crippen molar-refractivity contribution in [3.05, 3.63) is 35.4 Å². The molecule has 3 rings (SSSR count). The van der Waals surface area contributed by atoms with Gasteiger partial charge in [0.25, 0.3) is 5.91 Å². The number of carbonyl (C=O) groups excluding carboxylic acids is 2. The topological polar surface area (TPSA) is 61.4 Å². The minimum Gasteiger partial charge on any atom is -0.353 e. The molecule has 0 saturated carbocycles. The number of likely N-dealkylation sites (tertiary alicyclic amines) is 1. The Morgan fingerprint density at radius 1 is 1.12 bits per heavy atom. The van der Waals surface area contributed by atoms with Gasteiger partial charge in [0.15, 0.2) is 0 Å². The molecule has 0 aromatic heterocycles. The molecular formula is C20H29N3O2. The molecule has 2 heterocycles. The van der Waals surface area contributed by atoms with Crippen molar-refractivity contribution in [2.45, 2.75) is 51.6 Å². The molecule has 1 aromatic rings. The third kappa shape index (κ3) is 4.60. The summed E-state index contributed by atoms with van der Waals surface area (Å²) >= 11 is 0. The highest BCUT2D eigenvalue weighted by Gasteiger charge is 2.29. The normalized spacial score (nSPS) is 24.8. The lowest BCUT2D eigenvalue weighted by Gasteiger charge is -2.34. The van der Waals surface area contributed by atoms with Crippen LogP contribution in [0.2, 0.25) is 0 Å². The van der Waals surface area contributed by atoms with Crippen molar-refractivity contribution in [2.75, 3.05) is 19.6 Å². The maximum Gasteiger partial charge on any atom is 0.253 e. The molecule has 1 aromatic carbocycles. The molecular weight excluding hydrogens is 314 g/mol. The van der Waals surface area contributed by atoms with Gasteiger partial charge in [-0.3, -0.25) is 9.59 Å². The van der Waals surface area contributed by atoms with E-state index in [0.29, 0.717) is 19.1 Å². The molecule has 0 radical (unpaired) electrons. The summed E-state index contributed by atoms with van der Waals surface area (Å²) in [6.45, 7) is 6.49. The zero-order valence-electron chi connectivity index (χ0n) is 15.3. The Bertz CT molecular complexity index is 606. The number of amides is 2. The van der Waals surface area contributed by atoms with Crippen LogP contribution >= 0.6 is 0 Å². The van der Waals surface area contributed by atoms with Gasteiger partial charge in [-0.15, -0.1) is 0 Å². The third-order valence-corrected chi connectivity index (χ3v) is 5.42. The molecule has 25 heavy (non-hydrogen) atoms. The van der Waals surface area contributed by atoms with Crippen LogP contribution in [0, 0.1) is 12.8 Å². The molecule has 2 saturated heterocycles. The monoisotopic (exact) mass is 343 g/mol. The summed E-state index contributed by atoms with van der Waals surface area (Å²) in [5.74, 6) is 0.414. The van der Waals surface area contributed by atoms with Gasteiger partial charge in [0.2, 0.25) is 5.91 Å². The maximum atomic E-state index is 12.6. The smallest absolute Gasteiger partial charge is 0.253 e. The number of hydrogen-bond acceptors (Lipinski definition) is 3. The van der Waals surface area contributed by atoms with Gasteiger partial charge in [-0.05, 0) is 58.2 Å². The number of nitrogens with zero attached hydrogens (tertiary/aromatic N) is 1. The van der Waals surface area contributed by atoms with E-state index >= 15 is 0 Å². The molecule has 2 atom stereocenters. The quantitative estimate of drug-likeness (QED) is 0.884. The van der Waals surface area contributed by atoms with Crippen molar-refractivity contribution in [3.63, 3.8) is 0 Å². The summed E-state index contributed by atoms with van der Waals surface area (Å²) in [5, 5.41) is 6.59. The van der Waals surface area contributed by atoms with Crippen LogP contribution in [0.5, 0.6) is 0 Å². The van der Waals surface area contributed by atoms with Crippen molar-refractivity contribution < 1.29 is 9.59 Å². The molecule has 0 aliphatic carbocycles. The van der Waals surface area contributed by atoms with Crippen LogP contribution in [0.1, 0.15) is 48.5 Å². The first-order valence-corrected chi connectivity index (χ1v) is 9.42. The summed E-state index contributed by atoms with van der Waals surface area (Å²) in [5.41, 5.74) is 1.90. The molecule has 2 aliphatic rings. The Morgan fingerprint density at radius 3 is 2.44 bits per heavy atom. The first-order valence-electron chi connectivity index (χ1n) is 9.42. The third-order valence-electron chi connectivity index (χ3n) is 5.42. The van der Waals surface area contributed by atoms with Crippen molar-refractivity contribution in [1.82, 2.24) is 15.5 Å². The van der Waals surface area contributed by atoms with Gasteiger partial charge >= 0.3 is 0 Å². The summed E-state index contributed by atoms with van der Waals surface area (Å²) in [7, 11) is 0. The van der Waals surface area contributed by atoms with Gasteiger partial charge in [-0.2, -0.15) is 0 Å². The fraction of sp³-hybridized carbons (Fsp3) is 0.600. The van der Waals surface area contributed by atoms with Crippen molar-refractivity contribution >= 4 is 11.8 Å². The Kier molecular flexibility index (Phi) is 5.74. The van der Waals surface area contributed by atoms with Gasteiger partial charge in [-0.25, -0.2) is 0 Å². The van der Waals surface area contributed by atoms with E-state index in [1.54, 1.807) is 0 Å². The van der Waals surface area contributed by atoms with E-state index in [1.807, 2.05) is 36.1 Å². The second-order valence-corrected chi connectivity index (χ2v) is 7.52. The number of piperidine rings is 2. The van der Waals surface area contributed by atoms with Crippen LogP contribution in [-0.2, 0) is 4.79 Å². The predicted octanol–water partition coefficient (Wildman–Crippen LogP) is 2.10. The van der Waals surface area contributed by atoms with E-state index in [4.69, 9.17) is 0 Å². The van der Waals surface area contributed by atoms with E-state index in [0.717, 1.165) is 43.4 Å². The summed E-state index contributed by atoms with van der Waals surface area (Å²) in [6, 6.07) is 8.34. The molecule has 0 bridgehead atoms. The Morgan fingerprint density at radius 2 is 1.80 bits per heavy atom. The SMILES string of the molecule is Cc1ccc(C(=O)N2CCC(NC(=O)[C@H]3CCN[C@@H](C)C3)CC2)cc1. The molecule has 136 valence electrons. The number of aryl methyl sites for hydroxylation is 1. The molecule has 5 nitrogen and oxygen atoms in total. The first kappa shape index (κ1) is 17.9. The van der Waals surface area contributed by atoms with Crippen LogP contribution in [0.3, 0.4) is 0 Å². The van der Waals surface area contributed by atoms with E-state index in [1.165, 1.54) is 0 Å². The highest BCUT2D eigenvalue weighted by Crippen LogP contribution is 2.19. The van der Waals surface area contributed by atoms with Crippen LogP contribution in [0.4, 0.5) is 0 Å². The Hall–Kier alpha value is -1.88. The Balaban J connectivity index is 1.47. The summed E-state index contributed by atoms with van der Waals surface area (Å²) < 4.78 is 0. The van der Waals surface area contributed by atoms with E-state index in [-0.39, 0.29) is 23.8 Å².